The molecule has 10 nitrogen and oxygen atoms in total. The zero-order valence-corrected chi connectivity index (χ0v) is 22.1. The molecule has 3 aromatic rings. The van der Waals surface area contributed by atoms with Crippen LogP contribution in [0.4, 0.5) is 5.69 Å². The third-order valence-electron chi connectivity index (χ3n) is 7.76. The summed E-state index contributed by atoms with van der Waals surface area (Å²) in [4.78, 5) is 30.9. The summed E-state index contributed by atoms with van der Waals surface area (Å²) < 4.78 is 21.9. The minimum atomic E-state index is -0.485. The molecule has 2 saturated heterocycles. The number of anilines is 1. The van der Waals surface area contributed by atoms with Gasteiger partial charge in [-0.2, -0.15) is 5.10 Å². The van der Waals surface area contributed by atoms with Crippen molar-refractivity contribution < 1.29 is 28.5 Å². The van der Waals surface area contributed by atoms with Crippen LogP contribution in [0.3, 0.4) is 0 Å². The Morgan fingerprint density at radius 3 is 2.13 bits per heavy atom. The maximum Gasteiger partial charge on any atom is 0.261 e. The van der Waals surface area contributed by atoms with E-state index in [1.165, 1.54) is 14.2 Å². The summed E-state index contributed by atoms with van der Waals surface area (Å²) in [6.07, 6.45) is 5.48. The topological polar surface area (TPSA) is 106 Å². The van der Waals surface area contributed by atoms with Crippen LogP contribution in [0.1, 0.15) is 29.6 Å². The van der Waals surface area contributed by atoms with Crippen molar-refractivity contribution in [1.82, 2.24) is 15.1 Å². The van der Waals surface area contributed by atoms with Crippen LogP contribution in [0.15, 0.2) is 42.7 Å². The van der Waals surface area contributed by atoms with Gasteiger partial charge < -0.3 is 28.7 Å². The second-order valence-corrected chi connectivity index (χ2v) is 9.56. The van der Waals surface area contributed by atoms with E-state index in [2.05, 4.69) is 10.2 Å². The van der Waals surface area contributed by atoms with Gasteiger partial charge in [0.25, 0.3) is 5.91 Å². The van der Waals surface area contributed by atoms with Gasteiger partial charge in [0.05, 0.1) is 40.1 Å². The van der Waals surface area contributed by atoms with Gasteiger partial charge in [0, 0.05) is 60.8 Å². The zero-order chi connectivity index (χ0) is 26.9. The predicted molar refractivity (Wildman–Crippen MR) is 141 cm³/mol. The largest absolute Gasteiger partial charge is 0.496 e. The van der Waals surface area contributed by atoms with Gasteiger partial charge in [-0.25, -0.2) is 0 Å². The molecule has 0 radical (unpaired) electrons. The number of aromatic nitrogens is 2. The number of nitrogens with zero attached hydrogens (tertiary/aromatic N) is 3. The molecule has 0 bridgehead atoms. The molecule has 0 saturated carbocycles. The molecular weight excluding hydrogens is 488 g/mol. The number of ether oxygens (including phenoxy) is 4. The highest BCUT2D eigenvalue weighted by Crippen LogP contribution is 2.45. The standard InChI is InChI=1S/C28H32N4O6/c1-35-20-14-23(37-3)25(24(15-20)38-4)26(33)31-10-7-28(8-11-31)9-12-32(27(28)34)19-5-6-21(22(13-19)36-2)18-16-29-30-17-18/h5-6,13-17H,7-12H2,1-4H3,(H,29,30). The average Bonchev–Trinajstić information content (AvgIpc) is 3.61. The lowest BCUT2D eigenvalue weighted by molar-refractivity contribution is -0.127. The van der Waals surface area contributed by atoms with Gasteiger partial charge in [-0.15, -0.1) is 0 Å². The van der Waals surface area contributed by atoms with E-state index in [9.17, 15) is 9.59 Å². The highest BCUT2D eigenvalue weighted by atomic mass is 16.5. The lowest BCUT2D eigenvalue weighted by Gasteiger charge is -2.38. The number of hydrogen-bond acceptors (Lipinski definition) is 7. The van der Waals surface area contributed by atoms with E-state index in [4.69, 9.17) is 18.9 Å². The van der Waals surface area contributed by atoms with Gasteiger partial charge in [-0.3, -0.25) is 14.7 Å². The number of carbonyl (C=O) groups excluding carboxylic acids is 2. The summed E-state index contributed by atoms with van der Waals surface area (Å²) in [6, 6.07) is 9.15. The van der Waals surface area contributed by atoms with Crippen molar-refractivity contribution in [3.05, 3.63) is 48.3 Å². The molecule has 2 amide bonds. The Kier molecular flexibility index (Phi) is 6.88. The number of hydrogen-bond donors (Lipinski definition) is 1. The fourth-order valence-electron chi connectivity index (χ4n) is 5.53. The van der Waals surface area contributed by atoms with Crippen LogP contribution >= 0.6 is 0 Å². The molecular formula is C28H32N4O6. The summed E-state index contributed by atoms with van der Waals surface area (Å²) in [7, 11) is 6.19. The van der Waals surface area contributed by atoms with E-state index < -0.39 is 5.41 Å². The first kappa shape index (κ1) is 25.4. The Hall–Kier alpha value is -4.21. The molecule has 0 atom stereocenters. The van der Waals surface area contributed by atoms with Crippen molar-refractivity contribution in [2.45, 2.75) is 19.3 Å². The molecule has 2 aliphatic rings. The van der Waals surface area contributed by atoms with Gasteiger partial charge >= 0.3 is 0 Å². The van der Waals surface area contributed by atoms with Crippen molar-refractivity contribution in [1.29, 1.82) is 0 Å². The fraction of sp³-hybridized carbons (Fsp3) is 0.393. The first-order chi connectivity index (χ1) is 18.4. The Morgan fingerprint density at radius 1 is 0.895 bits per heavy atom. The van der Waals surface area contributed by atoms with Crippen LogP contribution in [0.25, 0.3) is 11.1 Å². The number of aromatic amines is 1. The fourth-order valence-corrected chi connectivity index (χ4v) is 5.53. The van der Waals surface area contributed by atoms with Crippen LogP contribution in [-0.2, 0) is 4.79 Å². The number of amides is 2. The number of H-pyrrole nitrogens is 1. The van der Waals surface area contributed by atoms with E-state index in [1.807, 2.05) is 23.1 Å². The van der Waals surface area contributed by atoms with E-state index in [-0.39, 0.29) is 11.8 Å². The van der Waals surface area contributed by atoms with Gasteiger partial charge in [0.15, 0.2) is 0 Å². The minimum absolute atomic E-state index is 0.0994. The normalized spacial score (nSPS) is 16.6. The molecule has 2 fully saturated rings. The molecule has 0 aliphatic carbocycles. The molecule has 10 heteroatoms. The van der Waals surface area contributed by atoms with Gasteiger partial charge in [-0.05, 0) is 31.4 Å². The summed E-state index contributed by atoms with van der Waals surface area (Å²) >= 11 is 0. The maximum absolute atomic E-state index is 13.7. The third kappa shape index (κ3) is 4.29. The number of carbonyl (C=O) groups is 2. The first-order valence-corrected chi connectivity index (χ1v) is 12.5. The highest BCUT2D eigenvalue weighted by Gasteiger charge is 2.49. The highest BCUT2D eigenvalue weighted by molar-refractivity contribution is 6.02. The van der Waals surface area contributed by atoms with E-state index in [0.29, 0.717) is 61.0 Å². The molecule has 3 heterocycles. The number of rotatable bonds is 7. The summed E-state index contributed by atoms with van der Waals surface area (Å²) in [5.74, 6) is 1.92. The van der Waals surface area contributed by atoms with Crippen molar-refractivity contribution in [3.8, 4) is 34.1 Å². The van der Waals surface area contributed by atoms with Crippen LogP contribution in [-0.4, -0.2) is 75.0 Å². The third-order valence-corrected chi connectivity index (χ3v) is 7.76. The van der Waals surface area contributed by atoms with Crippen LogP contribution in [0, 0.1) is 5.41 Å². The van der Waals surface area contributed by atoms with E-state index in [1.54, 1.807) is 43.6 Å². The van der Waals surface area contributed by atoms with Gasteiger partial charge in [0.1, 0.15) is 28.6 Å². The lowest BCUT2D eigenvalue weighted by atomic mass is 9.77. The number of likely N-dealkylation sites (tertiary alicyclic amines) is 1. The van der Waals surface area contributed by atoms with Gasteiger partial charge in [0.2, 0.25) is 5.91 Å². The Labute approximate surface area is 221 Å². The quantitative estimate of drug-likeness (QED) is 0.506. The Balaban J connectivity index is 1.32. The maximum atomic E-state index is 13.7. The van der Waals surface area contributed by atoms with Crippen molar-refractivity contribution >= 4 is 17.5 Å². The molecule has 2 aliphatic heterocycles. The molecule has 2 aromatic carbocycles. The van der Waals surface area contributed by atoms with Crippen LogP contribution < -0.4 is 23.8 Å². The summed E-state index contributed by atoms with van der Waals surface area (Å²) in [5.41, 5.74) is 2.50. The monoisotopic (exact) mass is 520 g/mol. The molecule has 0 unspecified atom stereocenters. The zero-order valence-electron chi connectivity index (χ0n) is 22.1. The predicted octanol–water partition coefficient (Wildman–Crippen LogP) is 3.77. The smallest absolute Gasteiger partial charge is 0.261 e. The molecule has 1 spiro atoms. The van der Waals surface area contributed by atoms with Crippen molar-refractivity contribution in [3.63, 3.8) is 0 Å². The second-order valence-electron chi connectivity index (χ2n) is 9.56. The van der Waals surface area contributed by atoms with E-state index >= 15 is 0 Å². The molecule has 200 valence electrons. The molecule has 1 aromatic heterocycles. The Bertz CT molecular complexity index is 1310. The molecule has 38 heavy (non-hydrogen) atoms. The van der Waals surface area contributed by atoms with Crippen molar-refractivity contribution in [2.24, 2.45) is 5.41 Å². The number of benzene rings is 2. The van der Waals surface area contributed by atoms with Crippen LogP contribution in [0.5, 0.6) is 23.0 Å². The number of methoxy groups -OCH3 is 4. The summed E-state index contributed by atoms with van der Waals surface area (Å²) in [5, 5.41) is 6.83. The minimum Gasteiger partial charge on any atom is -0.496 e. The SMILES string of the molecule is COc1cc(OC)c(C(=O)N2CCC3(CC2)CCN(c2ccc(-c4cn[nH]c4)c(OC)c2)C3=O)c(OC)c1. The number of piperidine rings is 1. The first-order valence-electron chi connectivity index (χ1n) is 12.5. The van der Waals surface area contributed by atoms with Crippen molar-refractivity contribution in [2.75, 3.05) is 53.0 Å². The molecule has 1 N–H and O–H groups in total. The van der Waals surface area contributed by atoms with Gasteiger partial charge in [-0.1, -0.05) is 0 Å². The summed E-state index contributed by atoms with van der Waals surface area (Å²) in [6.45, 7) is 1.57. The molecule has 5 rings (SSSR count). The second kappa shape index (κ2) is 10.3. The lowest BCUT2D eigenvalue weighted by Crippen LogP contribution is -2.46. The number of nitrogens with one attached hydrogen (secondary N) is 1. The Morgan fingerprint density at radius 2 is 1.55 bits per heavy atom. The average molecular weight is 521 g/mol. The van der Waals surface area contributed by atoms with Crippen LogP contribution in [0.2, 0.25) is 0 Å². The van der Waals surface area contributed by atoms with E-state index in [0.717, 1.165) is 23.2 Å².